The molecular formula is C13H16N2O5S. The molecule has 1 saturated heterocycles. The molecular weight excluding hydrogens is 296 g/mol. The topological polar surface area (TPSA) is 110 Å². The fourth-order valence-corrected chi connectivity index (χ4v) is 1.44. The van der Waals surface area contributed by atoms with E-state index in [-0.39, 0.29) is 11.6 Å². The number of carboxylic acid groups (broad SMARTS) is 1. The van der Waals surface area contributed by atoms with E-state index in [1.807, 2.05) is 11.8 Å². The zero-order chi connectivity index (χ0) is 16.0. The third-order valence-corrected chi connectivity index (χ3v) is 2.73. The average Bonchev–Trinajstić information content (AvgIpc) is 3.24. The second-order valence-corrected chi connectivity index (χ2v) is 5.73. The Morgan fingerprint density at radius 2 is 1.95 bits per heavy atom. The van der Waals surface area contributed by atoms with Crippen molar-refractivity contribution in [2.75, 3.05) is 11.5 Å². The minimum atomic E-state index is -1.38. The van der Waals surface area contributed by atoms with Crippen molar-refractivity contribution in [1.29, 1.82) is 0 Å². The van der Waals surface area contributed by atoms with E-state index in [0.717, 1.165) is 12.1 Å². The normalized spacial score (nSPS) is 12.1. The Morgan fingerprint density at radius 1 is 1.38 bits per heavy atom. The molecule has 0 atom stereocenters. The first-order valence-electron chi connectivity index (χ1n) is 6.24. The number of thioether (sulfide) groups is 1. The van der Waals surface area contributed by atoms with E-state index in [4.69, 9.17) is 5.11 Å². The molecule has 1 heterocycles. The minimum absolute atomic E-state index is 0.251. The summed E-state index contributed by atoms with van der Waals surface area (Å²) in [6, 6.07) is 3.24. The maximum atomic E-state index is 11.8. The number of amides is 1. The van der Waals surface area contributed by atoms with Crippen molar-refractivity contribution < 1.29 is 19.6 Å². The van der Waals surface area contributed by atoms with Gasteiger partial charge in [0.25, 0.3) is 11.6 Å². The zero-order valence-electron chi connectivity index (χ0n) is 11.7. The van der Waals surface area contributed by atoms with E-state index in [9.17, 15) is 19.7 Å². The Kier molecular flexibility index (Phi) is 6.16. The van der Waals surface area contributed by atoms with Crippen LogP contribution < -0.4 is 5.32 Å². The summed E-state index contributed by atoms with van der Waals surface area (Å²) in [6.07, 6.45) is 0. The van der Waals surface area contributed by atoms with Crippen LogP contribution in [0.4, 0.5) is 5.69 Å². The summed E-state index contributed by atoms with van der Waals surface area (Å²) in [5, 5.41) is 22.2. The molecule has 1 aromatic rings. The number of carboxylic acids is 1. The second kappa shape index (κ2) is 7.63. The molecule has 7 nitrogen and oxygen atoms in total. The Balaban J connectivity index is 0.000000647. The molecule has 0 unspecified atom stereocenters. The van der Waals surface area contributed by atoms with Crippen LogP contribution in [0.2, 0.25) is 0 Å². The number of nitrogens with zero attached hydrogens (tertiary/aromatic N) is 1. The van der Waals surface area contributed by atoms with Crippen LogP contribution in [-0.4, -0.2) is 39.5 Å². The highest BCUT2D eigenvalue weighted by molar-refractivity contribution is 8.06. The van der Waals surface area contributed by atoms with Gasteiger partial charge in [0.2, 0.25) is 0 Å². The van der Waals surface area contributed by atoms with Crippen LogP contribution in [0.5, 0.6) is 0 Å². The van der Waals surface area contributed by atoms with Gasteiger partial charge in [-0.2, -0.15) is 11.8 Å². The SMILES string of the molecule is C1CS1.CC(C)NC(=O)c1c(C(=O)O)cccc1[N+](=O)[O-]. The molecule has 1 fully saturated rings. The number of benzene rings is 1. The van der Waals surface area contributed by atoms with E-state index in [0.29, 0.717) is 0 Å². The van der Waals surface area contributed by atoms with Crippen LogP contribution in [0.1, 0.15) is 34.6 Å². The van der Waals surface area contributed by atoms with Crippen LogP contribution >= 0.6 is 11.8 Å². The summed E-state index contributed by atoms with van der Waals surface area (Å²) in [5.74, 6) is 0.683. The summed E-state index contributed by atoms with van der Waals surface area (Å²) in [6.45, 7) is 3.35. The van der Waals surface area contributed by atoms with Gasteiger partial charge in [0.05, 0.1) is 10.5 Å². The van der Waals surface area contributed by atoms with Crippen molar-refractivity contribution in [3.8, 4) is 0 Å². The van der Waals surface area contributed by atoms with Gasteiger partial charge >= 0.3 is 5.97 Å². The highest BCUT2D eigenvalue weighted by Gasteiger charge is 2.27. The number of aromatic carboxylic acids is 1. The van der Waals surface area contributed by atoms with Crippen molar-refractivity contribution in [3.63, 3.8) is 0 Å². The van der Waals surface area contributed by atoms with Crippen LogP contribution in [-0.2, 0) is 0 Å². The minimum Gasteiger partial charge on any atom is -0.478 e. The second-order valence-electron chi connectivity index (χ2n) is 4.50. The van der Waals surface area contributed by atoms with E-state index in [2.05, 4.69) is 5.32 Å². The quantitative estimate of drug-likeness (QED) is 0.501. The van der Waals surface area contributed by atoms with Gasteiger partial charge < -0.3 is 10.4 Å². The lowest BCUT2D eigenvalue weighted by Gasteiger charge is -2.10. The molecule has 1 aliphatic rings. The Labute approximate surface area is 125 Å². The van der Waals surface area contributed by atoms with Gasteiger partial charge in [0.15, 0.2) is 0 Å². The predicted octanol–water partition coefficient (Wildman–Crippen LogP) is 2.16. The predicted molar refractivity (Wildman–Crippen MR) is 80.0 cm³/mol. The van der Waals surface area contributed by atoms with Gasteiger partial charge in [-0.05, 0) is 19.9 Å². The molecule has 0 saturated carbocycles. The number of hydrogen-bond acceptors (Lipinski definition) is 5. The highest BCUT2D eigenvalue weighted by atomic mass is 32.2. The van der Waals surface area contributed by atoms with Crippen molar-refractivity contribution in [2.45, 2.75) is 19.9 Å². The average molecular weight is 312 g/mol. The fraction of sp³-hybridized carbons (Fsp3) is 0.385. The maximum absolute atomic E-state index is 11.8. The molecule has 0 radical (unpaired) electrons. The number of nitrogens with one attached hydrogen (secondary N) is 1. The number of carbonyl (C=O) groups is 2. The summed E-state index contributed by atoms with van der Waals surface area (Å²) >= 11 is 2.00. The van der Waals surface area contributed by atoms with Gasteiger partial charge in [-0.25, -0.2) is 4.79 Å². The van der Waals surface area contributed by atoms with Crippen LogP contribution in [0.15, 0.2) is 18.2 Å². The molecule has 1 aromatic carbocycles. The molecule has 1 aliphatic heterocycles. The highest BCUT2D eigenvalue weighted by Crippen LogP contribution is 2.22. The van der Waals surface area contributed by atoms with E-state index >= 15 is 0 Å². The van der Waals surface area contributed by atoms with Gasteiger partial charge in [0.1, 0.15) is 5.56 Å². The number of nitro benzene ring substituents is 1. The number of rotatable bonds is 4. The van der Waals surface area contributed by atoms with Gasteiger partial charge in [-0.15, -0.1) is 0 Å². The molecule has 2 rings (SSSR count). The summed E-state index contributed by atoms with van der Waals surface area (Å²) in [5.41, 5.74) is -1.33. The van der Waals surface area contributed by atoms with Crippen molar-refractivity contribution in [2.24, 2.45) is 0 Å². The molecule has 0 aromatic heterocycles. The van der Waals surface area contributed by atoms with Gasteiger partial charge in [-0.3, -0.25) is 14.9 Å². The number of hydrogen-bond donors (Lipinski definition) is 2. The monoisotopic (exact) mass is 312 g/mol. The summed E-state index contributed by atoms with van der Waals surface area (Å²) < 4.78 is 0. The molecule has 0 bridgehead atoms. The van der Waals surface area contributed by atoms with Crippen molar-refractivity contribution in [1.82, 2.24) is 5.32 Å². The first kappa shape index (κ1) is 17.0. The first-order valence-corrected chi connectivity index (χ1v) is 7.39. The first-order chi connectivity index (χ1) is 9.84. The molecule has 0 spiro atoms. The van der Waals surface area contributed by atoms with E-state index in [1.54, 1.807) is 13.8 Å². The lowest BCUT2D eigenvalue weighted by molar-refractivity contribution is -0.385. The Bertz CT molecular complexity index is 522. The smallest absolute Gasteiger partial charge is 0.336 e. The lowest BCUT2D eigenvalue weighted by Crippen LogP contribution is -2.32. The van der Waals surface area contributed by atoms with Gasteiger partial charge in [-0.1, -0.05) is 6.07 Å². The van der Waals surface area contributed by atoms with Crippen LogP contribution in [0, 0.1) is 10.1 Å². The van der Waals surface area contributed by atoms with Crippen molar-refractivity contribution >= 4 is 29.3 Å². The summed E-state index contributed by atoms with van der Waals surface area (Å²) in [4.78, 5) is 32.9. The van der Waals surface area contributed by atoms with Crippen molar-refractivity contribution in [3.05, 3.63) is 39.4 Å². The molecule has 21 heavy (non-hydrogen) atoms. The van der Waals surface area contributed by atoms with E-state index in [1.165, 1.54) is 17.6 Å². The maximum Gasteiger partial charge on any atom is 0.336 e. The third-order valence-electron chi connectivity index (χ3n) is 2.32. The molecule has 8 heteroatoms. The standard InChI is InChI=1S/C11H12N2O5.C2H4S/c1-6(2)12-10(14)9-7(11(15)16)4-3-5-8(9)13(17)18;1-2-3-1/h3-6H,1-2H3,(H,12,14)(H,15,16);1-2H2. The largest absolute Gasteiger partial charge is 0.478 e. The molecule has 114 valence electrons. The Morgan fingerprint density at radius 3 is 2.33 bits per heavy atom. The molecule has 1 amide bonds. The molecule has 2 N–H and O–H groups in total. The van der Waals surface area contributed by atoms with E-state index < -0.39 is 28.1 Å². The Hall–Kier alpha value is -2.09. The third kappa shape index (κ3) is 5.42. The lowest BCUT2D eigenvalue weighted by atomic mass is 10.0. The number of nitro groups is 1. The molecule has 0 aliphatic carbocycles. The van der Waals surface area contributed by atoms with Gasteiger partial charge in [0, 0.05) is 23.6 Å². The zero-order valence-corrected chi connectivity index (χ0v) is 12.5. The van der Waals surface area contributed by atoms with Crippen LogP contribution in [0.3, 0.4) is 0 Å². The summed E-state index contributed by atoms with van der Waals surface area (Å²) in [7, 11) is 0. The fourth-order valence-electron chi connectivity index (χ4n) is 1.44. The van der Waals surface area contributed by atoms with Crippen LogP contribution in [0.25, 0.3) is 0 Å². The number of carbonyl (C=O) groups excluding carboxylic acids is 1.